The van der Waals surface area contributed by atoms with Crippen LogP contribution in [0.2, 0.25) is 0 Å². The number of para-hydroxylation sites is 1. The Morgan fingerprint density at radius 3 is 2.36 bits per heavy atom. The first-order chi connectivity index (χ1) is 12.0. The van der Waals surface area contributed by atoms with E-state index in [1.165, 1.54) is 31.2 Å². The van der Waals surface area contributed by atoms with Crippen LogP contribution in [-0.2, 0) is 4.79 Å². The minimum absolute atomic E-state index is 0.0675. The van der Waals surface area contributed by atoms with E-state index >= 15 is 0 Å². The van der Waals surface area contributed by atoms with Crippen molar-refractivity contribution in [1.82, 2.24) is 0 Å². The molecule has 6 heteroatoms. The van der Waals surface area contributed by atoms with Crippen LogP contribution in [0, 0.1) is 0 Å². The van der Waals surface area contributed by atoms with Crippen LogP contribution in [0.5, 0.6) is 11.5 Å². The number of hydrogen-bond acceptors (Lipinski definition) is 4. The maximum absolute atomic E-state index is 12.4. The summed E-state index contributed by atoms with van der Waals surface area (Å²) in [5, 5.41) is 9.23. The quantitative estimate of drug-likeness (QED) is 0.817. The molecule has 0 spiro atoms. The van der Waals surface area contributed by atoms with Crippen LogP contribution in [0.4, 0.5) is 5.69 Å². The predicted molar refractivity (Wildman–Crippen MR) is 95.4 cm³/mol. The first-order valence-corrected chi connectivity index (χ1v) is 7.48. The molecule has 0 aliphatic rings. The molecular weight excluding hydrogens is 322 g/mol. The standard InChI is InChI=1S/C19H19NO5/c1-20(15-7-5-4-6-14(15)19(22)23)18(21)11-9-13-8-10-16(24-2)17(12-13)25-3/h4-12H,1-3H3,(H,22,23). The number of likely N-dealkylation sites (N-methyl/N-ethyl adjacent to an activating group) is 1. The molecule has 0 heterocycles. The van der Waals surface area contributed by atoms with Gasteiger partial charge in [-0.25, -0.2) is 4.79 Å². The number of carboxylic acid groups (broad SMARTS) is 1. The van der Waals surface area contributed by atoms with Crippen LogP contribution in [-0.4, -0.2) is 38.3 Å². The molecule has 0 saturated heterocycles. The van der Waals surface area contributed by atoms with Crippen molar-refractivity contribution < 1.29 is 24.2 Å². The van der Waals surface area contributed by atoms with Crippen molar-refractivity contribution in [2.24, 2.45) is 0 Å². The van der Waals surface area contributed by atoms with Gasteiger partial charge in [0.05, 0.1) is 25.5 Å². The number of carbonyl (C=O) groups excluding carboxylic acids is 1. The zero-order valence-corrected chi connectivity index (χ0v) is 14.2. The Morgan fingerprint density at radius 2 is 1.72 bits per heavy atom. The maximum atomic E-state index is 12.4. The van der Waals surface area contributed by atoms with Crippen LogP contribution >= 0.6 is 0 Å². The fourth-order valence-electron chi connectivity index (χ4n) is 2.30. The summed E-state index contributed by atoms with van der Waals surface area (Å²) in [5.41, 5.74) is 1.15. The van der Waals surface area contributed by atoms with E-state index in [9.17, 15) is 14.7 Å². The second-order valence-electron chi connectivity index (χ2n) is 5.17. The molecule has 130 valence electrons. The lowest BCUT2D eigenvalue weighted by Crippen LogP contribution is -2.25. The molecule has 0 saturated carbocycles. The van der Waals surface area contributed by atoms with Crippen molar-refractivity contribution in [3.63, 3.8) is 0 Å². The molecule has 0 fully saturated rings. The highest BCUT2D eigenvalue weighted by Gasteiger charge is 2.16. The van der Waals surface area contributed by atoms with Crippen molar-refractivity contribution in [1.29, 1.82) is 0 Å². The number of anilines is 1. The molecule has 0 radical (unpaired) electrons. The normalized spacial score (nSPS) is 10.5. The van der Waals surface area contributed by atoms with Gasteiger partial charge in [-0.3, -0.25) is 4.79 Å². The van der Waals surface area contributed by atoms with Gasteiger partial charge in [-0.05, 0) is 35.9 Å². The Labute approximate surface area is 145 Å². The second kappa shape index (κ2) is 8.01. The first-order valence-electron chi connectivity index (χ1n) is 7.48. The van der Waals surface area contributed by atoms with Gasteiger partial charge in [0.25, 0.3) is 5.91 Å². The van der Waals surface area contributed by atoms with E-state index < -0.39 is 5.97 Å². The van der Waals surface area contributed by atoms with Crippen molar-refractivity contribution in [3.05, 3.63) is 59.7 Å². The lowest BCUT2D eigenvalue weighted by molar-refractivity contribution is -0.113. The van der Waals surface area contributed by atoms with E-state index in [2.05, 4.69) is 0 Å². The van der Waals surface area contributed by atoms with Gasteiger partial charge in [-0.2, -0.15) is 0 Å². The molecule has 0 aliphatic heterocycles. The monoisotopic (exact) mass is 341 g/mol. The average Bonchev–Trinajstić information content (AvgIpc) is 2.65. The highest BCUT2D eigenvalue weighted by Crippen LogP contribution is 2.28. The van der Waals surface area contributed by atoms with Gasteiger partial charge in [-0.15, -0.1) is 0 Å². The van der Waals surface area contributed by atoms with Gasteiger partial charge in [0.15, 0.2) is 11.5 Å². The van der Waals surface area contributed by atoms with E-state index in [1.54, 1.807) is 49.6 Å². The summed E-state index contributed by atoms with van der Waals surface area (Å²) in [6.45, 7) is 0. The predicted octanol–water partition coefficient (Wildman–Crippen LogP) is 3.08. The van der Waals surface area contributed by atoms with E-state index in [4.69, 9.17) is 9.47 Å². The number of ether oxygens (including phenoxy) is 2. The Bertz CT molecular complexity index is 813. The van der Waals surface area contributed by atoms with Crippen LogP contribution < -0.4 is 14.4 Å². The largest absolute Gasteiger partial charge is 0.493 e. The van der Waals surface area contributed by atoms with Gasteiger partial charge in [0.2, 0.25) is 0 Å². The highest BCUT2D eigenvalue weighted by molar-refractivity contribution is 6.07. The van der Waals surface area contributed by atoms with E-state index in [0.29, 0.717) is 17.2 Å². The van der Waals surface area contributed by atoms with Crippen molar-refractivity contribution in [2.45, 2.75) is 0 Å². The molecule has 0 unspecified atom stereocenters. The smallest absolute Gasteiger partial charge is 0.337 e. The topological polar surface area (TPSA) is 76.1 Å². The minimum atomic E-state index is -1.08. The highest BCUT2D eigenvalue weighted by atomic mass is 16.5. The molecule has 25 heavy (non-hydrogen) atoms. The summed E-state index contributed by atoms with van der Waals surface area (Å²) in [4.78, 5) is 24.9. The number of rotatable bonds is 6. The first kappa shape index (κ1) is 18.1. The van der Waals surface area contributed by atoms with Crippen molar-refractivity contribution >= 4 is 23.6 Å². The Hall–Kier alpha value is -3.28. The molecule has 0 aromatic heterocycles. The third kappa shape index (κ3) is 4.17. The van der Waals surface area contributed by atoms with Crippen LogP contribution in [0.1, 0.15) is 15.9 Å². The Morgan fingerprint density at radius 1 is 1.04 bits per heavy atom. The van der Waals surface area contributed by atoms with Gasteiger partial charge < -0.3 is 19.5 Å². The van der Waals surface area contributed by atoms with E-state index in [0.717, 1.165) is 5.56 Å². The molecule has 2 rings (SSSR count). The second-order valence-corrected chi connectivity index (χ2v) is 5.17. The molecule has 0 aliphatic carbocycles. The number of aromatic carboxylic acids is 1. The number of benzene rings is 2. The van der Waals surface area contributed by atoms with Crippen LogP contribution in [0.15, 0.2) is 48.5 Å². The molecule has 2 aromatic rings. The lowest BCUT2D eigenvalue weighted by atomic mass is 10.1. The Kier molecular flexibility index (Phi) is 5.79. The maximum Gasteiger partial charge on any atom is 0.337 e. The summed E-state index contributed by atoms with van der Waals surface area (Å²) in [6, 6.07) is 11.6. The number of nitrogens with zero attached hydrogens (tertiary/aromatic N) is 1. The number of amides is 1. The number of hydrogen-bond donors (Lipinski definition) is 1. The summed E-state index contributed by atoms with van der Waals surface area (Å²) in [5.74, 6) is -0.275. The number of methoxy groups -OCH3 is 2. The molecule has 1 N–H and O–H groups in total. The molecular formula is C19H19NO5. The van der Waals surface area contributed by atoms with Crippen LogP contribution in [0.3, 0.4) is 0 Å². The fourth-order valence-corrected chi connectivity index (χ4v) is 2.30. The van der Waals surface area contributed by atoms with E-state index in [1.807, 2.05) is 0 Å². The zero-order chi connectivity index (χ0) is 18.4. The number of carboxylic acids is 1. The molecule has 1 amide bonds. The van der Waals surface area contributed by atoms with Gasteiger partial charge in [0.1, 0.15) is 0 Å². The van der Waals surface area contributed by atoms with Crippen molar-refractivity contribution in [3.8, 4) is 11.5 Å². The van der Waals surface area contributed by atoms with E-state index in [-0.39, 0.29) is 11.5 Å². The van der Waals surface area contributed by atoms with Gasteiger partial charge >= 0.3 is 5.97 Å². The lowest BCUT2D eigenvalue weighted by Gasteiger charge is -2.17. The summed E-state index contributed by atoms with van der Waals surface area (Å²) in [7, 11) is 4.61. The molecule has 2 aromatic carbocycles. The summed E-state index contributed by atoms with van der Waals surface area (Å²) >= 11 is 0. The third-order valence-corrected chi connectivity index (χ3v) is 3.65. The minimum Gasteiger partial charge on any atom is -0.493 e. The summed E-state index contributed by atoms with van der Waals surface area (Å²) < 4.78 is 10.4. The molecule has 6 nitrogen and oxygen atoms in total. The van der Waals surface area contributed by atoms with Crippen molar-refractivity contribution in [2.75, 3.05) is 26.2 Å². The molecule has 0 atom stereocenters. The fraction of sp³-hybridized carbons (Fsp3) is 0.158. The third-order valence-electron chi connectivity index (χ3n) is 3.65. The number of carbonyl (C=O) groups is 2. The average molecular weight is 341 g/mol. The summed E-state index contributed by atoms with van der Waals surface area (Å²) in [6.07, 6.45) is 3.00. The van der Waals surface area contributed by atoms with Crippen LogP contribution in [0.25, 0.3) is 6.08 Å². The zero-order valence-electron chi connectivity index (χ0n) is 14.2. The SMILES string of the molecule is COc1ccc(C=CC(=O)N(C)c2ccccc2C(=O)O)cc1OC. The molecule has 0 bridgehead atoms. The van der Waals surface area contributed by atoms with Gasteiger partial charge in [-0.1, -0.05) is 18.2 Å². The van der Waals surface area contributed by atoms with Gasteiger partial charge in [0, 0.05) is 13.1 Å². The Balaban J connectivity index is 2.22.